The topological polar surface area (TPSA) is 78.1 Å². The fraction of sp³-hybridized carbons (Fsp3) is 0.389. The number of fused-ring (bicyclic) bond motifs is 1. The van der Waals surface area contributed by atoms with Crippen LogP contribution in [0.1, 0.15) is 30.0 Å². The van der Waals surface area contributed by atoms with Gasteiger partial charge in [0, 0.05) is 29.0 Å². The Balaban J connectivity index is 1.37. The normalized spacial score (nSPS) is 17.0. The van der Waals surface area contributed by atoms with Crippen LogP contribution in [0.5, 0.6) is 0 Å². The minimum atomic E-state index is -3.27. The Bertz CT molecular complexity index is 1000. The number of anilines is 1. The van der Waals surface area contributed by atoms with Gasteiger partial charge in [-0.1, -0.05) is 18.2 Å². The second-order valence-corrected chi connectivity index (χ2v) is 9.46. The monoisotopic (exact) mass is 390 g/mol. The van der Waals surface area contributed by atoms with Crippen molar-refractivity contribution < 1.29 is 8.42 Å². The number of rotatable bonds is 5. The SMILES string of the molecule is CS(=O)(=O)Nc1nc(CN2CCC(c3c[nH]c4ccccc34)CC2)cs1. The fourth-order valence-corrected chi connectivity index (χ4v) is 5.20. The molecule has 1 aliphatic rings. The summed E-state index contributed by atoms with van der Waals surface area (Å²) >= 11 is 1.33. The van der Waals surface area contributed by atoms with Gasteiger partial charge in [-0.25, -0.2) is 13.4 Å². The zero-order valence-electron chi connectivity index (χ0n) is 14.6. The van der Waals surface area contributed by atoms with Crippen LogP contribution in [-0.4, -0.2) is 42.6 Å². The molecule has 0 spiro atoms. The fourth-order valence-electron chi connectivity index (χ4n) is 3.65. The molecule has 0 radical (unpaired) electrons. The lowest BCUT2D eigenvalue weighted by molar-refractivity contribution is 0.203. The van der Waals surface area contributed by atoms with Crippen molar-refractivity contribution in [3.05, 3.63) is 47.1 Å². The molecule has 4 rings (SSSR count). The third-order valence-electron chi connectivity index (χ3n) is 4.86. The summed E-state index contributed by atoms with van der Waals surface area (Å²) in [5.41, 5.74) is 3.55. The Morgan fingerprint density at radius 1 is 1.31 bits per heavy atom. The summed E-state index contributed by atoms with van der Waals surface area (Å²) in [6.45, 7) is 2.82. The van der Waals surface area contributed by atoms with Gasteiger partial charge in [-0.15, -0.1) is 11.3 Å². The van der Waals surface area contributed by atoms with Crippen molar-refractivity contribution in [1.29, 1.82) is 0 Å². The molecule has 1 aromatic carbocycles. The van der Waals surface area contributed by atoms with Gasteiger partial charge in [0.05, 0.1) is 11.9 Å². The van der Waals surface area contributed by atoms with Crippen LogP contribution in [0.3, 0.4) is 0 Å². The van der Waals surface area contributed by atoms with E-state index in [2.05, 4.69) is 50.1 Å². The number of nitrogens with one attached hydrogen (secondary N) is 2. The molecule has 6 nitrogen and oxygen atoms in total. The Hall–Kier alpha value is -1.90. The molecule has 3 heterocycles. The number of likely N-dealkylation sites (tertiary alicyclic amines) is 1. The number of H-pyrrole nitrogens is 1. The molecule has 0 bridgehead atoms. The average molecular weight is 391 g/mol. The number of piperidine rings is 1. The zero-order valence-corrected chi connectivity index (χ0v) is 16.2. The van der Waals surface area contributed by atoms with Crippen LogP contribution in [-0.2, 0) is 16.6 Å². The highest BCUT2D eigenvalue weighted by Crippen LogP contribution is 2.33. The van der Waals surface area contributed by atoms with Crippen molar-refractivity contribution in [2.45, 2.75) is 25.3 Å². The molecule has 138 valence electrons. The molecular weight excluding hydrogens is 368 g/mol. The molecule has 1 saturated heterocycles. The molecule has 1 fully saturated rings. The Kier molecular flexibility index (Phi) is 4.73. The van der Waals surface area contributed by atoms with Crippen molar-refractivity contribution in [2.75, 3.05) is 24.1 Å². The van der Waals surface area contributed by atoms with Gasteiger partial charge < -0.3 is 4.98 Å². The third kappa shape index (κ3) is 3.92. The molecule has 0 unspecified atom stereocenters. The predicted octanol–water partition coefficient (Wildman–Crippen LogP) is 3.38. The number of hydrogen-bond donors (Lipinski definition) is 2. The maximum absolute atomic E-state index is 11.3. The van der Waals surface area contributed by atoms with E-state index < -0.39 is 10.0 Å². The third-order valence-corrected chi connectivity index (χ3v) is 6.36. The molecule has 0 saturated carbocycles. The Labute approximate surface area is 157 Å². The molecule has 3 aromatic rings. The molecule has 26 heavy (non-hydrogen) atoms. The summed E-state index contributed by atoms with van der Waals surface area (Å²) in [7, 11) is -3.27. The first-order valence-electron chi connectivity index (χ1n) is 8.68. The number of aromatic amines is 1. The second kappa shape index (κ2) is 7.02. The average Bonchev–Trinajstić information content (AvgIpc) is 3.21. The van der Waals surface area contributed by atoms with Gasteiger partial charge in [-0.2, -0.15) is 0 Å². The molecule has 8 heteroatoms. The van der Waals surface area contributed by atoms with Crippen LogP contribution in [0.4, 0.5) is 5.13 Å². The zero-order chi connectivity index (χ0) is 18.1. The maximum Gasteiger partial charge on any atom is 0.231 e. The van der Waals surface area contributed by atoms with Crippen molar-refractivity contribution in [1.82, 2.24) is 14.9 Å². The first-order chi connectivity index (χ1) is 12.5. The van der Waals surface area contributed by atoms with E-state index in [4.69, 9.17) is 0 Å². The predicted molar refractivity (Wildman–Crippen MR) is 106 cm³/mol. The van der Waals surface area contributed by atoms with Gasteiger partial charge in [-0.3, -0.25) is 9.62 Å². The lowest BCUT2D eigenvalue weighted by Gasteiger charge is -2.31. The molecule has 2 aromatic heterocycles. The second-order valence-electron chi connectivity index (χ2n) is 6.86. The lowest BCUT2D eigenvalue weighted by atomic mass is 9.89. The molecule has 2 N–H and O–H groups in total. The minimum absolute atomic E-state index is 0.441. The summed E-state index contributed by atoms with van der Waals surface area (Å²) < 4.78 is 25.0. The van der Waals surface area contributed by atoms with E-state index in [1.807, 2.05) is 5.38 Å². The Morgan fingerprint density at radius 3 is 2.85 bits per heavy atom. The number of hydrogen-bond acceptors (Lipinski definition) is 5. The quantitative estimate of drug-likeness (QED) is 0.700. The van der Waals surface area contributed by atoms with Gasteiger partial charge in [0.1, 0.15) is 0 Å². The van der Waals surface area contributed by atoms with Crippen molar-refractivity contribution >= 4 is 37.4 Å². The number of nitrogens with zero attached hydrogens (tertiary/aromatic N) is 2. The lowest BCUT2D eigenvalue weighted by Crippen LogP contribution is -2.32. The van der Waals surface area contributed by atoms with Crippen molar-refractivity contribution in [2.24, 2.45) is 0 Å². The molecule has 0 atom stereocenters. The standard InChI is InChI=1S/C18H22N4O2S2/c1-26(23,24)21-18-20-14(12-25-18)11-22-8-6-13(7-9-22)16-10-19-17-5-3-2-4-15(16)17/h2-5,10,12-13,19H,6-9,11H2,1H3,(H,20,21). The maximum atomic E-state index is 11.3. The smallest absolute Gasteiger partial charge is 0.231 e. The van der Waals surface area contributed by atoms with E-state index in [1.165, 1.54) is 27.8 Å². The summed E-state index contributed by atoms with van der Waals surface area (Å²) in [5.74, 6) is 0.584. The molecule has 1 aliphatic heterocycles. The first-order valence-corrected chi connectivity index (χ1v) is 11.5. The first kappa shape index (κ1) is 17.5. The highest BCUT2D eigenvalue weighted by atomic mass is 32.2. The van der Waals surface area contributed by atoms with Crippen LogP contribution in [0, 0.1) is 0 Å². The van der Waals surface area contributed by atoms with E-state index in [0.29, 0.717) is 11.0 Å². The van der Waals surface area contributed by atoms with E-state index in [0.717, 1.165) is 44.4 Å². The van der Waals surface area contributed by atoms with E-state index in [1.54, 1.807) is 0 Å². The van der Waals surface area contributed by atoms with Gasteiger partial charge in [-0.05, 0) is 43.5 Å². The Morgan fingerprint density at radius 2 is 2.08 bits per heavy atom. The van der Waals surface area contributed by atoms with Gasteiger partial charge in [0.25, 0.3) is 0 Å². The van der Waals surface area contributed by atoms with E-state index >= 15 is 0 Å². The van der Waals surface area contributed by atoms with Crippen molar-refractivity contribution in [3.8, 4) is 0 Å². The van der Waals surface area contributed by atoms with Gasteiger partial charge >= 0.3 is 0 Å². The largest absolute Gasteiger partial charge is 0.361 e. The highest BCUT2D eigenvalue weighted by molar-refractivity contribution is 7.92. The molecular formula is C18H22N4O2S2. The number of aromatic nitrogens is 2. The van der Waals surface area contributed by atoms with Crippen molar-refractivity contribution in [3.63, 3.8) is 0 Å². The van der Waals surface area contributed by atoms with Crippen LogP contribution in [0.15, 0.2) is 35.8 Å². The number of benzene rings is 1. The van der Waals surface area contributed by atoms with E-state index in [9.17, 15) is 8.42 Å². The molecule has 0 amide bonds. The number of sulfonamides is 1. The molecule has 0 aliphatic carbocycles. The highest BCUT2D eigenvalue weighted by Gasteiger charge is 2.23. The van der Waals surface area contributed by atoms with Crippen LogP contribution in [0.2, 0.25) is 0 Å². The number of para-hydroxylation sites is 1. The summed E-state index contributed by atoms with van der Waals surface area (Å²) in [4.78, 5) is 10.2. The summed E-state index contributed by atoms with van der Waals surface area (Å²) in [6, 6.07) is 8.47. The van der Waals surface area contributed by atoms with Crippen LogP contribution >= 0.6 is 11.3 Å². The van der Waals surface area contributed by atoms with Crippen LogP contribution < -0.4 is 4.72 Å². The number of thiazole rings is 1. The van der Waals surface area contributed by atoms with E-state index in [-0.39, 0.29) is 0 Å². The summed E-state index contributed by atoms with van der Waals surface area (Å²) in [6.07, 6.45) is 5.55. The minimum Gasteiger partial charge on any atom is -0.361 e. The van der Waals surface area contributed by atoms with Gasteiger partial charge in [0.2, 0.25) is 10.0 Å². The summed E-state index contributed by atoms with van der Waals surface area (Å²) in [5, 5.41) is 3.71. The van der Waals surface area contributed by atoms with Gasteiger partial charge in [0.15, 0.2) is 5.13 Å². The van der Waals surface area contributed by atoms with Crippen LogP contribution in [0.25, 0.3) is 10.9 Å².